The average Bonchev–Trinajstić information content (AvgIpc) is 2.63. The fourth-order valence-electron chi connectivity index (χ4n) is 3.54. The van der Waals surface area contributed by atoms with Gasteiger partial charge in [0.2, 0.25) is 11.8 Å². The van der Waals surface area contributed by atoms with Crippen molar-refractivity contribution in [1.29, 1.82) is 0 Å². The van der Waals surface area contributed by atoms with Gasteiger partial charge >= 0.3 is 7.60 Å². The molecule has 10 heteroatoms. The number of rotatable bonds is 11. The zero-order chi connectivity index (χ0) is 21.3. The molecule has 1 rings (SSSR count). The molecule has 1 fully saturated rings. The van der Waals surface area contributed by atoms with Gasteiger partial charge in [-0.15, -0.1) is 0 Å². The summed E-state index contributed by atoms with van der Waals surface area (Å²) in [6, 6.07) is -1.44. The van der Waals surface area contributed by atoms with E-state index < -0.39 is 31.4 Å². The van der Waals surface area contributed by atoms with Crippen molar-refractivity contribution in [2.45, 2.75) is 70.7 Å². The summed E-state index contributed by atoms with van der Waals surface area (Å²) >= 11 is 0. The fourth-order valence-corrected chi connectivity index (χ4v) is 4.39. The van der Waals surface area contributed by atoms with Crippen LogP contribution in [-0.2, 0) is 14.2 Å². The maximum atomic E-state index is 12.9. The third-order valence-corrected chi connectivity index (χ3v) is 6.44. The Hall–Kier alpha value is -0.990. The second-order valence-corrected chi connectivity index (χ2v) is 9.77. The van der Waals surface area contributed by atoms with Crippen molar-refractivity contribution in [2.75, 3.05) is 20.1 Å². The van der Waals surface area contributed by atoms with Gasteiger partial charge in [-0.2, -0.15) is 0 Å². The molecule has 0 aromatic heterocycles. The van der Waals surface area contributed by atoms with Gasteiger partial charge < -0.3 is 25.7 Å². The number of piperidine rings is 1. The van der Waals surface area contributed by atoms with E-state index in [9.17, 15) is 23.9 Å². The Morgan fingerprint density at radius 2 is 1.75 bits per heavy atom. The van der Waals surface area contributed by atoms with E-state index in [0.717, 1.165) is 25.9 Å². The second-order valence-electron chi connectivity index (χ2n) is 7.97. The highest BCUT2D eigenvalue weighted by atomic mass is 31.2. The summed E-state index contributed by atoms with van der Waals surface area (Å²) in [5.41, 5.74) is 0. The molecule has 1 aliphatic heterocycles. The van der Waals surface area contributed by atoms with Crippen molar-refractivity contribution >= 4 is 19.4 Å². The highest BCUT2D eigenvalue weighted by Crippen LogP contribution is 2.41. The van der Waals surface area contributed by atoms with Crippen LogP contribution >= 0.6 is 7.60 Å². The van der Waals surface area contributed by atoms with Crippen molar-refractivity contribution in [3.8, 4) is 0 Å². The van der Waals surface area contributed by atoms with E-state index in [1.165, 1.54) is 7.05 Å². The highest BCUT2D eigenvalue weighted by molar-refractivity contribution is 7.52. The summed E-state index contributed by atoms with van der Waals surface area (Å²) in [6.45, 7) is 7.33. The van der Waals surface area contributed by atoms with Gasteiger partial charge in [-0.1, -0.05) is 20.8 Å². The zero-order valence-electron chi connectivity index (χ0n) is 17.4. The Morgan fingerprint density at radius 1 is 1.14 bits per heavy atom. The van der Waals surface area contributed by atoms with Crippen LogP contribution in [0.15, 0.2) is 0 Å². The van der Waals surface area contributed by atoms with Gasteiger partial charge in [0.05, 0.1) is 6.04 Å². The fraction of sp³-hybridized carbons (Fsp3) is 0.889. The lowest BCUT2D eigenvalue weighted by Gasteiger charge is -2.30. The van der Waals surface area contributed by atoms with E-state index in [4.69, 9.17) is 0 Å². The molecule has 1 heterocycles. The van der Waals surface area contributed by atoms with Crippen LogP contribution in [0.1, 0.15) is 52.9 Å². The van der Waals surface area contributed by atoms with E-state index >= 15 is 0 Å². The maximum absolute atomic E-state index is 12.9. The lowest BCUT2D eigenvalue weighted by Crippen LogP contribution is -2.55. The SMILES string of the molecule is CC[C@H](N[C@@H](CC(C)C)C(=O)N[C@@H](CC1CCNCC1)C(=O)NC)P(=O)(O)O. The Bertz CT molecular complexity index is 548. The van der Waals surface area contributed by atoms with Crippen LogP contribution in [-0.4, -0.2) is 59.6 Å². The third-order valence-electron chi connectivity index (χ3n) is 5.12. The number of hydrogen-bond donors (Lipinski definition) is 6. The summed E-state index contributed by atoms with van der Waals surface area (Å²) in [7, 11) is -2.84. The Labute approximate surface area is 168 Å². The smallest absolute Gasteiger partial charge is 0.342 e. The second kappa shape index (κ2) is 11.9. The van der Waals surface area contributed by atoms with Crippen LogP contribution in [0.3, 0.4) is 0 Å². The van der Waals surface area contributed by atoms with E-state index in [-0.39, 0.29) is 18.2 Å². The molecule has 28 heavy (non-hydrogen) atoms. The van der Waals surface area contributed by atoms with Crippen molar-refractivity contribution in [2.24, 2.45) is 11.8 Å². The van der Waals surface area contributed by atoms with Gasteiger partial charge in [-0.3, -0.25) is 19.5 Å². The maximum Gasteiger partial charge on any atom is 0.342 e. The largest absolute Gasteiger partial charge is 0.357 e. The van der Waals surface area contributed by atoms with E-state index in [1.807, 2.05) is 13.8 Å². The summed E-state index contributed by atoms with van der Waals surface area (Å²) in [6.07, 6.45) is 3.06. The zero-order valence-corrected chi connectivity index (χ0v) is 18.3. The first-order valence-electron chi connectivity index (χ1n) is 10.1. The van der Waals surface area contributed by atoms with E-state index in [2.05, 4.69) is 21.3 Å². The Balaban J connectivity index is 2.87. The predicted molar refractivity (Wildman–Crippen MR) is 109 cm³/mol. The molecule has 0 saturated carbocycles. The lowest BCUT2D eigenvalue weighted by atomic mass is 9.90. The molecule has 164 valence electrons. The molecule has 0 radical (unpaired) electrons. The summed E-state index contributed by atoms with van der Waals surface area (Å²) in [4.78, 5) is 44.3. The summed E-state index contributed by atoms with van der Waals surface area (Å²) < 4.78 is 11.7. The van der Waals surface area contributed by atoms with E-state index in [1.54, 1.807) is 6.92 Å². The Kier molecular flexibility index (Phi) is 10.6. The minimum Gasteiger partial charge on any atom is -0.357 e. The number of carbonyl (C=O) groups is 2. The van der Waals surface area contributed by atoms with E-state index in [0.29, 0.717) is 18.8 Å². The molecular formula is C18H37N4O5P. The number of amides is 2. The van der Waals surface area contributed by atoms with Crippen LogP contribution < -0.4 is 21.3 Å². The van der Waals surface area contributed by atoms with Crippen molar-refractivity contribution in [1.82, 2.24) is 21.3 Å². The molecule has 9 nitrogen and oxygen atoms in total. The number of likely N-dealkylation sites (N-methyl/N-ethyl adjacent to an activating group) is 1. The summed E-state index contributed by atoms with van der Waals surface area (Å²) in [5, 5.41) is 11.5. The number of nitrogens with one attached hydrogen (secondary N) is 4. The molecule has 2 amide bonds. The molecule has 6 N–H and O–H groups in total. The van der Waals surface area contributed by atoms with Gasteiger partial charge in [0.15, 0.2) is 0 Å². The molecule has 0 aliphatic carbocycles. The molecule has 0 aromatic carbocycles. The molecule has 0 aromatic rings. The minimum absolute atomic E-state index is 0.139. The van der Waals surface area contributed by atoms with Crippen molar-refractivity contribution < 1.29 is 23.9 Å². The molecule has 0 spiro atoms. The molecular weight excluding hydrogens is 383 g/mol. The van der Waals surface area contributed by atoms with Gasteiger partial charge in [0.25, 0.3) is 0 Å². The van der Waals surface area contributed by atoms with Gasteiger partial charge in [0.1, 0.15) is 11.8 Å². The standard InChI is InChI=1S/C18H37N4O5P/c1-5-16(28(25,26)27)21-14(10-12(2)3)18(24)22-15(17(23)19-4)11-13-6-8-20-9-7-13/h12-16,20-21H,5-11H2,1-4H3,(H,19,23)(H,22,24)(H2,25,26,27)/t14-,15-,16+/m0/s1. The van der Waals surface area contributed by atoms with Crippen LogP contribution in [0.5, 0.6) is 0 Å². The van der Waals surface area contributed by atoms with Gasteiger partial charge in [0, 0.05) is 7.05 Å². The average molecular weight is 420 g/mol. The predicted octanol–water partition coefficient (Wildman–Crippen LogP) is 0.525. The normalized spacial score (nSPS) is 19.1. The first-order valence-corrected chi connectivity index (χ1v) is 11.8. The van der Waals surface area contributed by atoms with Crippen LogP contribution in [0, 0.1) is 11.8 Å². The van der Waals surface area contributed by atoms with Gasteiger partial charge in [-0.05, 0) is 57.0 Å². The Morgan fingerprint density at radius 3 is 2.21 bits per heavy atom. The molecule has 3 atom stereocenters. The van der Waals surface area contributed by atoms with Crippen LogP contribution in [0.4, 0.5) is 0 Å². The molecule has 1 saturated heterocycles. The first-order chi connectivity index (χ1) is 13.1. The lowest BCUT2D eigenvalue weighted by molar-refractivity contribution is -0.130. The molecule has 0 unspecified atom stereocenters. The quantitative estimate of drug-likeness (QED) is 0.268. The number of carbonyl (C=O) groups excluding carboxylic acids is 2. The van der Waals surface area contributed by atoms with Crippen molar-refractivity contribution in [3.05, 3.63) is 0 Å². The minimum atomic E-state index is -4.38. The van der Waals surface area contributed by atoms with Gasteiger partial charge in [-0.25, -0.2) is 0 Å². The topological polar surface area (TPSA) is 140 Å². The monoisotopic (exact) mass is 420 g/mol. The molecule has 0 bridgehead atoms. The van der Waals surface area contributed by atoms with Crippen LogP contribution in [0.2, 0.25) is 0 Å². The number of hydrogen-bond acceptors (Lipinski definition) is 5. The van der Waals surface area contributed by atoms with Crippen molar-refractivity contribution in [3.63, 3.8) is 0 Å². The van der Waals surface area contributed by atoms with Crippen LogP contribution in [0.25, 0.3) is 0 Å². The molecule has 1 aliphatic rings. The first kappa shape index (κ1) is 25.0. The third kappa shape index (κ3) is 8.57. The summed E-state index contributed by atoms with van der Waals surface area (Å²) in [5.74, 6) is -1.26. The highest BCUT2D eigenvalue weighted by Gasteiger charge is 2.34.